The van der Waals surface area contributed by atoms with E-state index >= 15 is 0 Å². The summed E-state index contributed by atoms with van der Waals surface area (Å²) in [6, 6.07) is 7.81. The molecule has 5 heteroatoms. The summed E-state index contributed by atoms with van der Waals surface area (Å²) in [6.07, 6.45) is 0. The molecule has 0 aliphatic heterocycles. The van der Waals surface area contributed by atoms with Crippen molar-refractivity contribution in [1.29, 1.82) is 0 Å². The summed E-state index contributed by atoms with van der Waals surface area (Å²) >= 11 is 5.93. The molecule has 1 aromatic carbocycles. The van der Waals surface area contributed by atoms with Crippen LogP contribution >= 0.6 is 11.6 Å². The van der Waals surface area contributed by atoms with Gasteiger partial charge in [-0.1, -0.05) is 28.9 Å². The standard InChI is InChI=1S/C12H14ClN3O/c1-9-14-12(17-15-9)8-16(2)7-10-4-3-5-11(13)6-10/h3-6H,7-8H2,1-2H3. The van der Waals surface area contributed by atoms with Crippen molar-refractivity contribution in [2.45, 2.75) is 20.0 Å². The molecule has 4 nitrogen and oxygen atoms in total. The highest BCUT2D eigenvalue weighted by molar-refractivity contribution is 6.30. The molecule has 0 spiro atoms. The predicted octanol–water partition coefficient (Wildman–Crippen LogP) is 2.66. The first-order chi connectivity index (χ1) is 8.13. The third-order valence-electron chi connectivity index (χ3n) is 2.32. The van der Waals surface area contributed by atoms with Crippen LogP contribution in [0.1, 0.15) is 17.3 Å². The van der Waals surface area contributed by atoms with Crippen LogP contribution in [0.5, 0.6) is 0 Å². The molecule has 17 heavy (non-hydrogen) atoms. The van der Waals surface area contributed by atoms with Crippen molar-refractivity contribution < 1.29 is 4.52 Å². The summed E-state index contributed by atoms with van der Waals surface area (Å²) in [5, 5.41) is 4.51. The van der Waals surface area contributed by atoms with E-state index in [2.05, 4.69) is 15.0 Å². The Labute approximate surface area is 105 Å². The Morgan fingerprint density at radius 1 is 1.35 bits per heavy atom. The van der Waals surface area contributed by atoms with Gasteiger partial charge in [-0.05, 0) is 31.7 Å². The molecule has 0 amide bonds. The van der Waals surface area contributed by atoms with Crippen molar-refractivity contribution >= 4 is 11.6 Å². The van der Waals surface area contributed by atoms with Crippen LogP contribution in [0.25, 0.3) is 0 Å². The van der Waals surface area contributed by atoms with Crippen molar-refractivity contribution in [3.63, 3.8) is 0 Å². The van der Waals surface area contributed by atoms with Gasteiger partial charge >= 0.3 is 0 Å². The van der Waals surface area contributed by atoms with E-state index in [0.29, 0.717) is 18.3 Å². The van der Waals surface area contributed by atoms with Gasteiger partial charge in [0.05, 0.1) is 6.54 Å². The zero-order chi connectivity index (χ0) is 12.3. The van der Waals surface area contributed by atoms with E-state index in [1.54, 1.807) is 0 Å². The molecular weight excluding hydrogens is 238 g/mol. The maximum absolute atomic E-state index is 5.93. The van der Waals surface area contributed by atoms with Crippen LogP contribution in [0, 0.1) is 6.92 Å². The Balaban J connectivity index is 1.95. The average Bonchev–Trinajstić information content (AvgIpc) is 2.63. The molecule has 0 saturated heterocycles. The molecule has 90 valence electrons. The molecule has 0 unspecified atom stereocenters. The SMILES string of the molecule is Cc1noc(CN(C)Cc2cccc(Cl)c2)n1. The molecule has 1 heterocycles. The number of hydrogen-bond donors (Lipinski definition) is 0. The fourth-order valence-electron chi connectivity index (χ4n) is 1.64. The highest BCUT2D eigenvalue weighted by Crippen LogP contribution is 2.13. The molecule has 0 saturated carbocycles. The fraction of sp³-hybridized carbons (Fsp3) is 0.333. The minimum atomic E-state index is 0.632. The lowest BCUT2D eigenvalue weighted by Gasteiger charge is -2.14. The second kappa shape index (κ2) is 5.29. The van der Waals surface area contributed by atoms with Gasteiger partial charge in [-0.15, -0.1) is 0 Å². The number of aryl methyl sites for hydroxylation is 1. The summed E-state index contributed by atoms with van der Waals surface area (Å²) in [4.78, 5) is 6.26. The molecule has 0 aliphatic rings. The van der Waals surface area contributed by atoms with Crippen LogP contribution in [0.4, 0.5) is 0 Å². The van der Waals surface area contributed by atoms with E-state index in [0.717, 1.165) is 17.1 Å². The van der Waals surface area contributed by atoms with Crippen molar-refractivity contribution in [3.05, 3.63) is 46.6 Å². The Morgan fingerprint density at radius 2 is 2.18 bits per heavy atom. The van der Waals surface area contributed by atoms with E-state index in [9.17, 15) is 0 Å². The second-order valence-electron chi connectivity index (χ2n) is 4.04. The molecule has 0 aliphatic carbocycles. The monoisotopic (exact) mass is 251 g/mol. The summed E-state index contributed by atoms with van der Waals surface area (Å²) in [5.41, 5.74) is 1.16. The number of hydrogen-bond acceptors (Lipinski definition) is 4. The number of rotatable bonds is 4. The first kappa shape index (κ1) is 12.1. The van der Waals surface area contributed by atoms with E-state index in [1.165, 1.54) is 0 Å². The maximum atomic E-state index is 5.93. The van der Waals surface area contributed by atoms with Gasteiger partial charge in [-0.2, -0.15) is 4.98 Å². The lowest BCUT2D eigenvalue weighted by molar-refractivity contribution is 0.260. The number of aromatic nitrogens is 2. The lowest BCUT2D eigenvalue weighted by Crippen LogP contribution is -2.17. The van der Waals surface area contributed by atoms with Crippen molar-refractivity contribution in [2.24, 2.45) is 0 Å². The number of benzene rings is 1. The van der Waals surface area contributed by atoms with E-state index < -0.39 is 0 Å². The summed E-state index contributed by atoms with van der Waals surface area (Å²) in [6.45, 7) is 3.24. The summed E-state index contributed by atoms with van der Waals surface area (Å²) < 4.78 is 5.07. The van der Waals surface area contributed by atoms with Crippen molar-refractivity contribution in [3.8, 4) is 0 Å². The molecule has 0 fully saturated rings. The van der Waals surface area contributed by atoms with Crippen LogP contribution in [-0.2, 0) is 13.1 Å². The molecule has 1 aromatic heterocycles. The minimum absolute atomic E-state index is 0.632. The maximum Gasteiger partial charge on any atom is 0.240 e. The van der Waals surface area contributed by atoms with Gasteiger partial charge in [0.25, 0.3) is 0 Å². The molecule has 0 N–H and O–H groups in total. The third-order valence-corrected chi connectivity index (χ3v) is 2.55. The molecule has 2 rings (SSSR count). The van der Waals surface area contributed by atoms with Crippen LogP contribution in [0.15, 0.2) is 28.8 Å². The third kappa shape index (κ3) is 3.54. The van der Waals surface area contributed by atoms with Crippen LogP contribution in [-0.4, -0.2) is 22.1 Å². The van der Waals surface area contributed by atoms with Crippen LogP contribution < -0.4 is 0 Å². The topological polar surface area (TPSA) is 42.2 Å². The first-order valence-electron chi connectivity index (χ1n) is 5.35. The second-order valence-corrected chi connectivity index (χ2v) is 4.47. The first-order valence-corrected chi connectivity index (χ1v) is 5.73. The molecule has 0 bridgehead atoms. The van der Waals surface area contributed by atoms with Crippen LogP contribution in [0.2, 0.25) is 5.02 Å². The van der Waals surface area contributed by atoms with Gasteiger partial charge < -0.3 is 4.52 Å². The van der Waals surface area contributed by atoms with Crippen LogP contribution in [0.3, 0.4) is 0 Å². The average molecular weight is 252 g/mol. The van der Waals surface area contributed by atoms with Gasteiger partial charge in [0, 0.05) is 11.6 Å². The van der Waals surface area contributed by atoms with Gasteiger partial charge in [0.1, 0.15) is 0 Å². The van der Waals surface area contributed by atoms with Gasteiger partial charge in [-0.25, -0.2) is 0 Å². The zero-order valence-electron chi connectivity index (χ0n) is 9.85. The molecular formula is C12H14ClN3O. The summed E-state index contributed by atoms with van der Waals surface area (Å²) in [7, 11) is 2.00. The molecule has 0 radical (unpaired) electrons. The zero-order valence-corrected chi connectivity index (χ0v) is 10.6. The minimum Gasteiger partial charge on any atom is -0.338 e. The van der Waals surface area contributed by atoms with Gasteiger partial charge in [0.2, 0.25) is 5.89 Å². The van der Waals surface area contributed by atoms with Crippen molar-refractivity contribution in [2.75, 3.05) is 7.05 Å². The summed E-state index contributed by atoms with van der Waals surface area (Å²) in [5.74, 6) is 1.29. The Hall–Kier alpha value is -1.39. The van der Waals surface area contributed by atoms with E-state index in [-0.39, 0.29) is 0 Å². The largest absolute Gasteiger partial charge is 0.338 e. The molecule has 2 aromatic rings. The number of nitrogens with zero attached hydrogens (tertiary/aromatic N) is 3. The normalized spacial score (nSPS) is 11.1. The molecule has 0 atom stereocenters. The fourth-order valence-corrected chi connectivity index (χ4v) is 1.85. The predicted molar refractivity (Wildman–Crippen MR) is 65.7 cm³/mol. The van der Waals surface area contributed by atoms with E-state index in [4.69, 9.17) is 16.1 Å². The van der Waals surface area contributed by atoms with Crippen molar-refractivity contribution in [1.82, 2.24) is 15.0 Å². The van der Waals surface area contributed by atoms with E-state index in [1.807, 2.05) is 38.2 Å². The van der Waals surface area contributed by atoms with Gasteiger partial charge in [-0.3, -0.25) is 4.90 Å². The Bertz CT molecular complexity index is 498. The quantitative estimate of drug-likeness (QED) is 0.838. The highest BCUT2D eigenvalue weighted by Gasteiger charge is 2.07. The van der Waals surface area contributed by atoms with Gasteiger partial charge in [0.15, 0.2) is 5.82 Å². The number of halogens is 1. The smallest absolute Gasteiger partial charge is 0.240 e. The highest BCUT2D eigenvalue weighted by atomic mass is 35.5. The Morgan fingerprint density at radius 3 is 2.82 bits per heavy atom. The lowest BCUT2D eigenvalue weighted by atomic mass is 10.2. The Kier molecular flexibility index (Phi) is 3.76.